The van der Waals surface area contributed by atoms with Crippen LogP contribution in [0.4, 0.5) is 5.82 Å². The van der Waals surface area contributed by atoms with Crippen LogP contribution in [0.3, 0.4) is 0 Å². The van der Waals surface area contributed by atoms with Gasteiger partial charge in [0.2, 0.25) is 0 Å². The number of hydrogen-bond acceptors (Lipinski definition) is 3. The highest BCUT2D eigenvalue weighted by Crippen LogP contribution is 2.23. The average molecular weight is 220 g/mol. The maximum atomic E-state index is 9.50. The molecule has 3 nitrogen and oxygen atoms in total. The summed E-state index contributed by atoms with van der Waals surface area (Å²) in [6.07, 6.45) is 5.23. The van der Waals surface area contributed by atoms with Gasteiger partial charge in [-0.15, -0.1) is 0 Å². The average Bonchev–Trinajstić information content (AvgIpc) is 2.30. The second-order valence-corrected chi connectivity index (χ2v) is 4.63. The lowest BCUT2D eigenvalue weighted by Gasteiger charge is -2.29. The fourth-order valence-corrected chi connectivity index (χ4v) is 2.25. The van der Waals surface area contributed by atoms with Crippen molar-refractivity contribution in [1.82, 2.24) is 4.98 Å². The van der Waals surface area contributed by atoms with Gasteiger partial charge in [-0.05, 0) is 50.3 Å². The van der Waals surface area contributed by atoms with Crippen molar-refractivity contribution in [1.29, 1.82) is 0 Å². The third-order valence-electron chi connectivity index (χ3n) is 3.21. The van der Waals surface area contributed by atoms with Crippen molar-refractivity contribution in [3.8, 4) is 0 Å². The summed E-state index contributed by atoms with van der Waals surface area (Å²) in [6.45, 7) is 6.07. The molecule has 1 atom stereocenters. The molecule has 0 amide bonds. The van der Waals surface area contributed by atoms with E-state index in [9.17, 15) is 5.11 Å². The normalized spacial score (nSPS) is 18.6. The van der Waals surface area contributed by atoms with E-state index in [0.29, 0.717) is 0 Å². The van der Waals surface area contributed by atoms with Crippen molar-refractivity contribution < 1.29 is 5.11 Å². The van der Waals surface area contributed by atoms with Crippen molar-refractivity contribution >= 4 is 5.82 Å². The first kappa shape index (κ1) is 11.4. The molecule has 88 valence electrons. The van der Waals surface area contributed by atoms with E-state index in [-0.39, 0.29) is 0 Å². The summed E-state index contributed by atoms with van der Waals surface area (Å²) in [7, 11) is 0. The highest BCUT2D eigenvalue weighted by molar-refractivity contribution is 5.47. The van der Waals surface area contributed by atoms with Crippen molar-refractivity contribution in [3.05, 3.63) is 23.4 Å². The number of rotatable bonds is 2. The molecule has 1 N–H and O–H groups in total. The lowest BCUT2D eigenvalue weighted by molar-refractivity contribution is 0.199. The summed E-state index contributed by atoms with van der Waals surface area (Å²) >= 11 is 0. The van der Waals surface area contributed by atoms with E-state index in [1.165, 1.54) is 24.8 Å². The van der Waals surface area contributed by atoms with E-state index < -0.39 is 6.10 Å². The SMILES string of the molecule is Cc1cc([C@@H](C)O)cnc1N1CCCCC1. The van der Waals surface area contributed by atoms with Gasteiger partial charge in [0.15, 0.2) is 0 Å². The van der Waals surface area contributed by atoms with E-state index in [1.807, 2.05) is 6.07 Å². The van der Waals surface area contributed by atoms with Gasteiger partial charge in [-0.1, -0.05) is 0 Å². The minimum absolute atomic E-state index is 0.429. The third kappa shape index (κ3) is 2.35. The first-order valence-electron chi connectivity index (χ1n) is 6.08. The molecule has 1 fully saturated rings. The van der Waals surface area contributed by atoms with E-state index in [1.54, 1.807) is 13.1 Å². The topological polar surface area (TPSA) is 36.4 Å². The number of aliphatic hydroxyl groups excluding tert-OH is 1. The molecule has 1 saturated heterocycles. The molecule has 1 aliphatic rings. The molecule has 1 aromatic heterocycles. The van der Waals surface area contributed by atoms with Crippen molar-refractivity contribution in [2.45, 2.75) is 39.2 Å². The van der Waals surface area contributed by atoms with Crippen LogP contribution >= 0.6 is 0 Å². The predicted molar refractivity (Wildman–Crippen MR) is 65.7 cm³/mol. The maximum absolute atomic E-state index is 9.50. The summed E-state index contributed by atoms with van der Waals surface area (Å²) in [5.74, 6) is 1.09. The molecule has 1 aliphatic heterocycles. The summed E-state index contributed by atoms with van der Waals surface area (Å²) < 4.78 is 0. The number of anilines is 1. The van der Waals surface area contributed by atoms with E-state index >= 15 is 0 Å². The standard InChI is InChI=1S/C13H20N2O/c1-10-8-12(11(2)16)9-14-13(10)15-6-4-3-5-7-15/h8-9,11,16H,3-7H2,1-2H3/t11-/m1/s1. The second kappa shape index (κ2) is 4.83. The van der Waals surface area contributed by atoms with Crippen molar-refractivity contribution in [2.24, 2.45) is 0 Å². The zero-order valence-electron chi connectivity index (χ0n) is 10.1. The predicted octanol–water partition coefficient (Wildman–Crippen LogP) is 2.43. The van der Waals surface area contributed by atoms with Gasteiger partial charge in [-0.25, -0.2) is 4.98 Å². The number of hydrogen-bond donors (Lipinski definition) is 1. The highest BCUT2D eigenvalue weighted by atomic mass is 16.3. The summed E-state index contributed by atoms with van der Waals surface area (Å²) in [5.41, 5.74) is 2.07. The Kier molecular flexibility index (Phi) is 3.44. The molecule has 16 heavy (non-hydrogen) atoms. The Labute approximate surface area is 97.1 Å². The van der Waals surface area contributed by atoms with Gasteiger partial charge in [-0.3, -0.25) is 0 Å². The Morgan fingerprint density at radius 1 is 1.31 bits per heavy atom. The van der Waals surface area contributed by atoms with Crippen LogP contribution < -0.4 is 4.90 Å². The van der Waals surface area contributed by atoms with Crippen LogP contribution in [0.25, 0.3) is 0 Å². The molecule has 0 unspecified atom stereocenters. The first-order chi connectivity index (χ1) is 7.68. The monoisotopic (exact) mass is 220 g/mol. The minimum Gasteiger partial charge on any atom is -0.389 e. The van der Waals surface area contributed by atoms with Gasteiger partial charge in [0.1, 0.15) is 5.82 Å². The molecular formula is C13H20N2O. The number of pyridine rings is 1. The summed E-state index contributed by atoms with van der Waals surface area (Å²) in [6, 6.07) is 2.04. The third-order valence-corrected chi connectivity index (χ3v) is 3.21. The lowest BCUT2D eigenvalue weighted by atomic mass is 10.1. The Morgan fingerprint density at radius 3 is 2.56 bits per heavy atom. The van der Waals surface area contributed by atoms with Crippen LogP contribution in [0, 0.1) is 6.92 Å². The van der Waals surface area contributed by atoms with Crippen molar-refractivity contribution in [2.75, 3.05) is 18.0 Å². The second-order valence-electron chi connectivity index (χ2n) is 4.63. The fourth-order valence-electron chi connectivity index (χ4n) is 2.25. The Balaban J connectivity index is 2.21. The number of aliphatic hydroxyl groups is 1. The molecule has 0 spiro atoms. The smallest absolute Gasteiger partial charge is 0.131 e. The quantitative estimate of drug-likeness (QED) is 0.831. The molecule has 3 heteroatoms. The number of aromatic nitrogens is 1. The molecule has 0 bridgehead atoms. The van der Waals surface area contributed by atoms with E-state index in [4.69, 9.17) is 0 Å². The molecular weight excluding hydrogens is 200 g/mol. The van der Waals surface area contributed by atoms with Crippen LogP contribution in [0.1, 0.15) is 43.4 Å². The highest BCUT2D eigenvalue weighted by Gasteiger charge is 2.14. The molecule has 0 aromatic carbocycles. The zero-order chi connectivity index (χ0) is 11.5. The number of nitrogens with zero attached hydrogens (tertiary/aromatic N) is 2. The number of piperidine rings is 1. The van der Waals surface area contributed by atoms with Gasteiger partial charge in [0, 0.05) is 19.3 Å². The zero-order valence-corrected chi connectivity index (χ0v) is 10.1. The molecule has 1 aromatic rings. The Morgan fingerprint density at radius 2 is 2.00 bits per heavy atom. The van der Waals surface area contributed by atoms with Crippen LogP contribution in [0.2, 0.25) is 0 Å². The minimum atomic E-state index is -0.429. The van der Waals surface area contributed by atoms with Gasteiger partial charge < -0.3 is 10.0 Å². The summed E-state index contributed by atoms with van der Waals surface area (Å²) in [5, 5.41) is 9.50. The number of aryl methyl sites for hydroxylation is 1. The molecule has 0 aliphatic carbocycles. The molecule has 0 saturated carbocycles. The van der Waals surface area contributed by atoms with Gasteiger partial charge in [-0.2, -0.15) is 0 Å². The lowest BCUT2D eigenvalue weighted by Crippen LogP contribution is -2.30. The van der Waals surface area contributed by atoms with E-state index in [2.05, 4.69) is 16.8 Å². The van der Waals surface area contributed by atoms with Gasteiger partial charge >= 0.3 is 0 Å². The van der Waals surface area contributed by atoms with Gasteiger partial charge in [0.05, 0.1) is 6.10 Å². The van der Waals surface area contributed by atoms with E-state index in [0.717, 1.165) is 24.5 Å². The van der Waals surface area contributed by atoms with Crippen LogP contribution in [0.15, 0.2) is 12.3 Å². The summed E-state index contributed by atoms with van der Waals surface area (Å²) in [4.78, 5) is 6.84. The molecule has 2 heterocycles. The largest absolute Gasteiger partial charge is 0.389 e. The first-order valence-corrected chi connectivity index (χ1v) is 6.08. The van der Waals surface area contributed by atoms with Crippen LogP contribution in [0.5, 0.6) is 0 Å². The fraction of sp³-hybridized carbons (Fsp3) is 0.615. The van der Waals surface area contributed by atoms with Crippen molar-refractivity contribution in [3.63, 3.8) is 0 Å². The molecule has 0 radical (unpaired) electrons. The van der Waals surface area contributed by atoms with Crippen LogP contribution in [-0.4, -0.2) is 23.2 Å². The van der Waals surface area contributed by atoms with Crippen LogP contribution in [-0.2, 0) is 0 Å². The Hall–Kier alpha value is -1.09. The van der Waals surface area contributed by atoms with Gasteiger partial charge in [0.25, 0.3) is 0 Å². The maximum Gasteiger partial charge on any atom is 0.131 e. The Bertz CT molecular complexity index is 357. The molecule has 2 rings (SSSR count).